The highest BCUT2D eigenvalue weighted by molar-refractivity contribution is 5.89. The van der Waals surface area contributed by atoms with Gasteiger partial charge in [-0.25, -0.2) is 4.79 Å². The quantitative estimate of drug-likeness (QED) is 0.830. The molecular formula is C22H30N4O3. The fraction of sp³-hybridized carbons (Fsp3) is 0.545. The first-order valence-electron chi connectivity index (χ1n) is 10.6. The number of nitrogens with one attached hydrogen (secondary N) is 2. The van der Waals surface area contributed by atoms with Crippen molar-refractivity contribution in [3.63, 3.8) is 0 Å². The first-order valence-corrected chi connectivity index (χ1v) is 10.6. The summed E-state index contributed by atoms with van der Waals surface area (Å²) in [7, 11) is 0. The molecule has 2 saturated heterocycles. The average molecular weight is 399 g/mol. The lowest BCUT2D eigenvalue weighted by atomic mass is 9.97. The van der Waals surface area contributed by atoms with Crippen molar-refractivity contribution in [2.75, 3.05) is 39.4 Å². The highest BCUT2D eigenvalue weighted by atomic mass is 16.5. The molecular weight excluding hydrogens is 368 g/mol. The van der Waals surface area contributed by atoms with E-state index in [1.54, 1.807) is 4.90 Å². The van der Waals surface area contributed by atoms with Gasteiger partial charge in [-0.15, -0.1) is 0 Å². The van der Waals surface area contributed by atoms with Gasteiger partial charge in [0.1, 0.15) is 6.04 Å². The number of likely N-dealkylation sites (tertiary alicyclic amines) is 1. The Morgan fingerprint density at radius 3 is 2.62 bits per heavy atom. The Labute approximate surface area is 171 Å². The van der Waals surface area contributed by atoms with Crippen molar-refractivity contribution in [3.8, 4) is 0 Å². The number of fused-ring (bicyclic) bond motifs is 1. The maximum Gasteiger partial charge on any atom is 0.318 e. The van der Waals surface area contributed by atoms with Crippen LogP contribution in [0.1, 0.15) is 25.3 Å². The van der Waals surface area contributed by atoms with Crippen molar-refractivity contribution in [1.29, 1.82) is 0 Å². The molecule has 0 aliphatic carbocycles. The molecule has 2 aliphatic heterocycles. The van der Waals surface area contributed by atoms with Gasteiger partial charge in [-0.1, -0.05) is 25.1 Å². The van der Waals surface area contributed by atoms with E-state index in [0.29, 0.717) is 38.6 Å². The topological polar surface area (TPSA) is 77.7 Å². The molecule has 29 heavy (non-hydrogen) atoms. The van der Waals surface area contributed by atoms with Crippen molar-refractivity contribution >= 4 is 22.8 Å². The zero-order chi connectivity index (χ0) is 20.2. The van der Waals surface area contributed by atoms with Gasteiger partial charge in [0.15, 0.2) is 0 Å². The number of hydrogen-bond donors (Lipinski definition) is 2. The van der Waals surface area contributed by atoms with E-state index >= 15 is 0 Å². The molecule has 0 bridgehead atoms. The number of urea groups is 1. The molecule has 7 nitrogen and oxygen atoms in total. The van der Waals surface area contributed by atoms with Crippen LogP contribution in [0, 0.1) is 5.92 Å². The number of carbonyl (C=O) groups excluding carboxylic acids is 2. The predicted octanol–water partition coefficient (Wildman–Crippen LogP) is 2.38. The van der Waals surface area contributed by atoms with Crippen molar-refractivity contribution in [3.05, 3.63) is 36.0 Å². The molecule has 7 heteroatoms. The summed E-state index contributed by atoms with van der Waals surface area (Å²) in [5.74, 6) is 0.665. The molecule has 0 radical (unpaired) electrons. The number of nitrogens with zero attached hydrogens (tertiary/aromatic N) is 2. The maximum atomic E-state index is 13.3. The highest BCUT2D eigenvalue weighted by Crippen LogP contribution is 2.21. The summed E-state index contributed by atoms with van der Waals surface area (Å²) in [4.78, 5) is 33.1. The molecule has 1 aromatic carbocycles. The minimum absolute atomic E-state index is 0.0174. The molecule has 4 rings (SSSR count). The van der Waals surface area contributed by atoms with Crippen LogP contribution in [0.15, 0.2) is 30.5 Å². The minimum Gasteiger partial charge on any atom is -0.378 e. The van der Waals surface area contributed by atoms with E-state index in [9.17, 15) is 9.59 Å². The van der Waals surface area contributed by atoms with Gasteiger partial charge in [0.2, 0.25) is 5.91 Å². The molecule has 0 unspecified atom stereocenters. The molecule has 2 aromatic rings. The van der Waals surface area contributed by atoms with Crippen LogP contribution in [0.25, 0.3) is 10.9 Å². The van der Waals surface area contributed by atoms with Crippen molar-refractivity contribution in [2.24, 2.45) is 5.92 Å². The Balaban J connectivity index is 1.52. The van der Waals surface area contributed by atoms with E-state index < -0.39 is 6.04 Å². The monoisotopic (exact) mass is 398 g/mol. The molecule has 1 aromatic heterocycles. The van der Waals surface area contributed by atoms with Crippen molar-refractivity contribution in [2.45, 2.75) is 32.2 Å². The number of ether oxygens (including phenoxy) is 1. The van der Waals surface area contributed by atoms with Gasteiger partial charge < -0.3 is 24.8 Å². The summed E-state index contributed by atoms with van der Waals surface area (Å²) < 4.78 is 5.34. The van der Waals surface area contributed by atoms with E-state index in [1.165, 1.54) is 0 Å². The second-order valence-electron chi connectivity index (χ2n) is 8.17. The van der Waals surface area contributed by atoms with Gasteiger partial charge >= 0.3 is 6.03 Å². The maximum absolute atomic E-state index is 13.3. The lowest BCUT2D eigenvalue weighted by Gasteiger charge is -2.34. The summed E-state index contributed by atoms with van der Waals surface area (Å²) in [6.45, 7) is 5.94. The number of piperidine rings is 1. The van der Waals surface area contributed by atoms with Crippen LogP contribution >= 0.6 is 0 Å². The van der Waals surface area contributed by atoms with E-state index in [4.69, 9.17) is 4.74 Å². The van der Waals surface area contributed by atoms with Crippen LogP contribution in [0.5, 0.6) is 0 Å². The summed E-state index contributed by atoms with van der Waals surface area (Å²) >= 11 is 0. The fourth-order valence-corrected chi connectivity index (χ4v) is 4.18. The van der Waals surface area contributed by atoms with E-state index in [-0.39, 0.29) is 11.9 Å². The Kier molecular flexibility index (Phi) is 6.04. The Morgan fingerprint density at radius 2 is 1.86 bits per heavy atom. The second kappa shape index (κ2) is 8.86. The number of hydrogen-bond acceptors (Lipinski definition) is 3. The third-order valence-corrected chi connectivity index (χ3v) is 6.09. The zero-order valence-electron chi connectivity index (χ0n) is 17.0. The number of H-pyrrole nitrogens is 1. The largest absolute Gasteiger partial charge is 0.378 e. The number of aromatic nitrogens is 1. The van der Waals surface area contributed by atoms with E-state index in [1.807, 2.05) is 29.3 Å². The summed E-state index contributed by atoms with van der Waals surface area (Å²) in [5, 5.41) is 4.12. The molecule has 156 valence electrons. The van der Waals surface area contributed by atoms with Gasteiger partial charge in [-0.05, 0) is 30.4 Å². The van der Waals surface area contributed by atoms with E-state index in [0.717, 1.165) is 42.4 Å². The third kappa shape index (κ3) is 4.56. The Morgan fingerprint density at radius 1 is 1.14 bits per heavy atom. The van der Waals surface area contributed by atoms with Gasteiger partial charge in [0.05, 0.1) is 13.2 Å². The minimum atomic E-state index is -0.571. The number of carbonyl (C=O) groups is 2. The first kappa shape index (κ1) is 19.8. The molecule has 1 atom stereocenters. The predicted molar refractivity (Wildman–Crippen MR) is 112 cm³/mol. The highest BCUT2D eigenvalue weighted by Gasteiger charge is 2.30. The number of morpholine rings is 1. The van der Waals surface area contributed by atoms with Gasteiger partial charge in [-0.2, -0.15) is 0 Å². The molecule has 0 spiro atoms. The third-order valence-electron chi connectivity index (χ3n) is 6.09. The van der Waals surface area contributed by atoms with Crippen LogP contribution in [-0.4, -0.2) is 72.2 Å². The van der Waals surface area contributed by atoms with Gasteiger partial charge in [0, 0.05) is 49.7 Å². The Bertz CT molecular complexity index is 851. The number of para-hydroxylation sites is 1. The average Bonchev–Trinajstić information content (AvgIpc) is 3.17. The number of aromatic amines is 1. The number of rotatable bonds is 4. The molecule has 2 N–H and O–H groups in total. The van der Waals surface area contributed by atoms with Crippen LogP contribution in [-0.2, 0) is 16.0 Å². The number of amides is 3. The molecule has 0 saturated carbocycles. The normalized spacial score (nSPS) is 19.3. The summed E-state index contributed by atoms with van der Waals surface area (Å²) in [6.07, 6.45) is 4.46. The number of benzene rings is 1. The van der Waals surface area contributed by atoms with Gasteiger partial charge in [-0.3, -0.25) is 4.79 Å². The molecule has 2 fully saturated rings. The smallest absolute Gasteiger partial charge is 0.318 e. The molecule has 3 amide bonds. The fourth-order valence-electron chi connectivity index (χ4n) is 4.18. The molecule has 2 aliphatic rings. The van der Waals surface area contributed by atoms with Crippen molar-refractivity contribution in [1.82, 2.24) is 20.1 Å². The summed E-state index contributed by atoms with van der Waals surface area (Å²) in [5.41, 5.74) is 2.09. The first-order chi connectivity index (χ1) is 14.1. The molecule has 3 heterocycles. The standard InChI is InChI=1S/C22H30N4O3/c1-16-6-8-25(9-7-16)21(27)20(24-22(28)26-10-12-29-13-11-26)14-17-15-23-19-5-3-2-4-18(17)19/h2-5,15-16,20,23H,6-14H2,1H3,(H,24,28)/t20-/m0/s1. The van der Waals surface area contributed by atoms with Gasteiger partial charge in [0.25, 0.3) is 0 Å². The van der Waals surface area contributed by atoms with Crippen LogP contribution in [0.4, 0.5) is 4.79 Å². The summed E-state index contributed by atoms with van der Waals surface area (Å²) in [6, 6.07) is 7.30. The van der Waals surface area contributed by atoms with Crippen LogP contribution in [0.2, 0.25) is 0 Å². The lowest BCUT2D eigenvalue weighted by Crippen LogP contribution is -2.55. The van der Waals surface area contributed by atoms with E-state index in [2.05, 4.69) is 23.3 Å². The zero-order valence-corrected chi connectivity index (χ0v) is 17.0. The van der Waals surface area contributed by atoms with Crippen LogP contribution < -0.4 is 5.32 Å². The van der Waals surface area contributed by atoms with Crippen molar-refractivity contribution < 1.29 is 14.3 Å². The lowest BCUT2D eigenvalue weighted by molar-refractivity contribution is -0.134. The van der Waals surface area contributed by atoms with Crippen LogP contribution in [0.3, 0.4) is 0 Å². The SMILES string of the molecule is CC1CCN(C(=O)[C@H](Cc2c[nH]c3ccccc23)NC(=O)N2CCOCC2)CC1. The Hall–Kier alpha value is -2.54. The second-order valence-corrected chi connectivity index (χ2v) is 8.17.